The van der Waals surface area contributed by atoms with E-state index in [0.717, 1.165) is 12.8 Å². The summed E-state index contributed by atoms with van der Waals surface area (Å²) in [5.41, 5.74) is -0.860. The average Bonchev–Trinajstić information content (AvgIpc) is 2.79. The Morgan fingerprint density at radius 1 is 1.59 bits per heavy atom. The first-order chi connectivity index (χ1) is 8.18. The molecule has 0 bridgehead atoms. The van der Waals surface area contributed by atoms with Crippen LogP contribution in [0.2, 0.25) is 0 Å². The summed E-state index contributed by atoms with van der Waals surface area (Å²) in [5, 5.41) is 20.9. The second-order valence-corrected chi connectivity index (χ2v) is 4.54. The normalized spacial score (nSPS) is 19.6. The molecule has 0 aromatic heterocycles. The highest BCUT2D eigenvalue weighted by Crippen LogP contribution is 2.37. The van der Waals surface area contributed by atoms with E-state index >= 15 is 0 Å². The Balaban J connectivity index is 2.59. The van der Waals surface area contributed by atoms with Crippen molar-refractivity contribution in [3.63, 3.8) is 0 Å². The maximum atomic E-state index is 12.1. The lowest BCUT2D eigenvalue weighted by molar-refractivity contribution is -0.129. The summed E-state index contributed by atoms with van der Waals surface area (Å²) in [5.74, 6) is -0.215. The first kappa shape index (κ1) is 13.9. The van der Waals surface area contributed by atoms with E-state index in [9.17, 15) is 4.79 Å². The Kier molecular flexibility index (Phi) is 5.39. The smallest absolute Gasteiger partial charge is 0.240 e. The molecule has 0 radical (unpaired) electrons. The predicted octanol–water partition coefficient (Wildman–Crippen LogP) is 0.584. The van der Waals surface area contributed by atoms with E-state index in [2.05, 4.69) is 11.4 Å². The molecule has 5 heteroatoms. The molecule has 1 amide bonds. The summed E-state index contributed by atoms with van der Waals surface area (Å²) in [6, 6.07) is 1.93. The minimum Gasteiger partial charge on any atom is -0.396 e. The van der Waals surface area contributed by atoms with Crippen LogP contribution in [0.15, 0.2) is 0 Å². The number of hydrogen-bond acceptors (Lipinski definition) is 4. The van der Waals surface area contributed by atoms with Crippen LogP contribution >= 0.6 is 0 Å². The number of hydrogen-bond donors (Lipinski definition) is 2. The third-order valence-electron chi connectivity index (χ3n) is 3.29. The molecule has 1 aliphatic rings. The Labute approximate surface area is 102 Å². The fourth-order valence-corrected chi connectivity index (χ4v) is 2.25. The Hall–Kier alpha value is -1.12. The van der Waals surface area contributed by atoms with Crippen LogP contribution in [-0.4, -0.2) is 37.4 Å². The molecule has 0 heterocycles. The lowest BCUT2D eigenvalue weighted by atomic mass is 9.86. The average molecular weight is 240 g/mol. The molecule has 1 rings (SSSR count). The fourth-order valence-electron chi connectivity index (χ4n) is 2.25. The van der Waals surface area contributed by atoms with Crippen molar-refractivity contribution in [1.82, 2.24) is 5.32 Å². The third kappa shape index (κ3) is 3.42. The summed E-state index contributed by atoms with van der Waals surface area (Å²) in [7, 11) is 1.55. The maximum Gasteiger partial charge on any atom is 0.240 e. The van der Waals surface area contributed by atoms with E-state index in [1.165, 1.54) is 0 Å². The second-order valence-electron chi connectivity index (χ2n) is 4.54. The van der Waals surface area contributed by atoms with Gasteiger partial charge in [-0.05, 0) is 19.3 Å². The third-order valence-corrected chi connectivity index (χ3v) is 3.29. The van der Waals surface area contributed by atoms with Crippen LogP contribution < -0.4 is 5.32 Å². The van der Waals surface area contributed by atoms with Crippen LogP contribution in [0.3, 0.4) is 0 Å². The van der Waals surface area contributed by atoms with Gasteiger partial charge in [0.2, 0.25) is 5.91 Å². The molecule has 1 atom stereocenters. The van der Waals surface area contributed by atoms with Crippen LogP contribution in [0.25, 0.3) is 0 Å². The molecule has 1 fully saturated rings. The molecule has 5 nitrogen and oxygen atoms in total. The standard InChI is InChI=1S/C12H20N2O3/c1-17-8-10(4-7-15)14-11(16)12(9-13)5-2-3-6-12/h10,15H,2-8H2,1H3,(H,14,16). The molecule has 1 saturated carbocycles. The molecular weight excluding hydrogens is 220 g/mol. The Bertz CT molecular complexity index is 287. The number of aliphatic hydroxyl groups excluding tert-OH is 1. The molecule has 1 unspecified atom stereocenters. The lowest BCUT2D eigenvalue weighted by Crippen LogP contribution is -2.46. The highest BCUT2D eigenvalue weighted by molar-refractivity contribution is 5.85. The quantitative estimate of drug-likeness (QED) is 0.711. The highest BCUT2D eigenvalue weighted by atomic mass is 16.5. The number of ether oxygens (including phenoxy) is 1. The Morgan fingerprint density at radius 2 is 2.24 bits per heavy atom. The minimum absolute atomic E-state index is 0.00609. The van der Waals surface area contributed by atoms with Gasteiger partial charge in [-0.3, -0.25) is 4.79 Å². The van der Waals surface area contributed by atoms with Crippen molar-refractivity contribution in [3.8, 4) is 6.07 Å². The Morgan fingerprint density at radius 3 is 2.71 bits per heavy atom. The highest BCUT2D eigenvalue weighted by Gasteiger charge is 2.42. The van der Waals surface area contributed by atoms with E-state index in [0.29, 0.717) is 25.9 Å². The van der Waals surface area contributed by atoms with Crippen molar-refractivity contribution in [1.29, 1.82) is 5.26 Å². The first-order valence-corrected chi connectivity index (χ1v) is 6.00. The number of aliphatic hydroxyl groups is 1. The number of carbonyl (C=O) groups excluding carboxylic acids is 1. The number of nitrogens with one attached hydrogen (secondary N) is 1. The molecule has 17 heavy (non-hydrogen) atoms. The number of nitrogens with zero attached hydrogens (tertiary/aromatic N) is 1. The largest absolute Gasteiger partial charge is 0.396 e. The van der Waals surface area contributed by atoms with Crippen molar-refractivity contribution >= 4 is 5.91 Å². The minimum atomic E-state index is -0.860. The van der Waals surface area contributed by atoms with Crippen molar-refractivity contribution in [3.05, 3.63) is 0 Å². The van der Waals surface area contributed by atoms with Crippen LogP contribution in [0.1, 0.15) is 32.1 Å². The predicted molar refractivity (Wildman–Crippen MR) is 62.0 cm³/mol. The van der Waals surface area contributed by atoms with E-state index in [1.54, 1.807) is 7.11 Å². The number of rotatable bonds is 6. The summed E-state index contributed by atoms with van der Waals surface area (Å²) >= 11 is 0. The molecule has 0 saturated heterocycles. The van der Waals surface area contributed by atoms with Crippen LogP contribution in [0.4, 0.5) is 0 Å². The van der Waals surface area contributed by atoms with Gasteiger partial charge in [0.1, 0.15) is 5.41 Å². The van der Waals surface area contributed by atoms with Gasteiger partial charge < -0.3 is 15.2 Å². The van der Waals surface area contributed by atoms with Crippen molar-refractivity contribution in [2.24, 2.45) is 5.41 Å². The second kappa shape index (κ2) is 6.58. The van der Waals surface area contributed by atoms with Gasteiger partial charge >= 0.3 is 0 Å². The zero-order valence-corrected chi connectivity index (χ0v) is 10.2. The van der Waals surface area contributed by atoms with Crippen molar-refractivity contribution in [2.75, 3.05) is 20.3 Å². The summed E-state index contributed by atoms with van der Waals surface area (Å²) in [6.07, 6.45) is 3.56. The van der Waals surface area contributed by atoms with E-state index in [-0.39, 0.29) is 18.6 Å². The summed E-state index contributed by atoms with van der Waals surface area (Å²) in [6.45, 7) is 0.349. The summed E-state index contributed by atoms with van der Waals surface area (Å²) < 4.78 is 4.98. The molecule has 96 valence electrons. The monoisotopic (exact) mass is 240 g/mol. The molecular formula is C12H20N2O3. The van der Waals surface area contributed by atoms with Gasteiger partial charge in [0.05, 0.1) is 18.7 Å². The van der Waals surface area contributed by atoms with Gasteiger partial charge in [0.25, 0.3) is 0 Å². The van der Waals surface area contributed by atoms with Gasteiger partial charge in [-0.25, -0.2) is 0 Å². The number of carbonyl (C=O) groups is 1. The van der Waals surface area contributed by atoms with Crippen molar-refractivity contribution < 1.29 is 14.6 Å². The number of methoxy groups -OCH3 is 1. The van der Waals surface area contributed by atoms with Gasteiger partial charge in [-0.2, -0.15) is 5.26 Å². The molecule has 0 aromatic rings. The van der Waals surface area contributed by atoms with Crippen molar-refractivity contribution in [2.45, 2.75) is 38.1 Å². The van der Waals surface area contributed by atoms with Gasteiger partial charge in [0, 0.05) is 13.7 Å². The van der Waals surface area contributed by atoms with Gasteiger partial charge in [-0.1, -0.05) is 12.8 Å². The fraction of sp³-hybridized carbons (Fsp3) is 0.833. The molecule has 1 aliphatic carbocycles. The zero-order chi connectivity index (χ0) is 12.7. The molecule has 0 aliphatic heterocycles. The number of amides is 1. The number of nitriles is 1. The maximum absolute atomic E-state index is 12.1. The molecule has 0 aromatic carbocycles. The molecule has 2 N–H and O–H groups in total. The van der Waals surface area contributed by atoms with E-state index in [4.69, 9.17) is 15.1 Å². The molecule has 0 spiro atoms. The lowest BCUT2D eigenvalue weighted by Gasteiger charge is -2.24. The van der Waals surface area contributed by atoms with E-state index < -0.39 is 5.41 Å². The topological polar surface area (TPSA) is 82.3 Å². The van der Waals surface area contributed by atoms with Crippen LogP contribution in [-0.2, 0) is 9.53 Å². The SMILES string of the molecule is COCC(CCO)NC(=O)C1(C#N)CCCC1. The van der Waals surface area contributed by atoms with Gasteiger partial charge in [0.15, 0.2) is 0 Å². The zero-order valence-electron chi connectivity index (χ0n) is 10.2. The van der Waals surface area contributed by atoms with E-state index in [1.807, 2.05) is 0 Å². The van der Waals surface area contributed by atoms with Crippen LogP contribution in [0, 0.1) is 16.7 Å². The first-order valence-electron chi connectivity index (χ1n) is 6.00. The van der Waals surface area contributed by atoms with Crippen LogP contribution in [0.5, 0.6) is 0 Å². The summed E-state index contributed by atoms with van der Waals surface area (Å²) in [4.78, 5) is 12.1. The van der Waals surface area contributed by atoms with Gasteiger partial charge in [-0.15, -0.1) is 0 Å².